The quantitative estimate of drug-likeness (QED) is 0.855. The molecule has 4 nitrogen and oxygen atoms in total. The van der Waals surface area contributed by atoms with Gasteiger partial charge in [0.25, 0.3) is 0 Å². The van der Waals surface area contributed by atoms with Crippen LogP contribution in [0.2, 0.25) is 0 Å². The van der Waals surface area contributed by atoms with Gasteiger partial charge in [-0.05, 0) is 48.3 Å². The summed E-state index contributed by atoms with van der Waals surface area (Å²) in [5.74, 6) is 0.137. The number of halogens is 1. The summed E-state index contributed by atoms with van der Waals surface area (Å²) in [6.45, 7) is 6.86. The summed E-state index contributed by atoms with van der Waals surface area (Å²) < 4.78 is 18.6. The van der Waals surface area contributed by atoms with Gasteiger partial charge in [0.05, 0.1) is 13.5 Å². The van der Waals surface area contributed by atoms with E-state index in [-0.39, 0.29) is 28.9 Å². The molecule has 24 heavy (non-hydrogen) atoms. The van der Waals surface area contributed by atoms with Gasteiger partial charge in [0.1, 0.15) is 0 Å². The van der Waals surface area contributed by atoms with E-state index in [0.29, 0.717) is 11.5 Å². The zero-order valence-corrected chi connectivity index (χ0v) is 14.8. The topological polar surface area (TPSA) is 50.7 Å². The van der Waals surface area contributed by atoms with E-state index >= 15 is 0 Å². The monoisotopic (exact) mass is 332 g/mol. The van der Waals surface area contributed by atoms with Gasteiger partial charge in [0.15, 0.2) is 11.6 Å². The fraction of sp³-hybridized carbons (Fsp3) is 0.579. The van der Waals surface area contributed by atoms with Crippen LogP contribution in [0.15, 0.2) is 23.3 Å². The van der Waals surface area contributed by atoms with Crippen molar-refractivity contribution < 1.29 is 13.9 Å². The van der Waals surface area contributed by atoms with Crippen LogP contribution in [0.3, 0.4) is 0 Å². The largest absolute Gasteiger partial charge is 0.494 e. The third-order valence-electron chi connectivity index (χ3n) is 6.41. The first-order chi connectivity index (χ1) is 11.3. The standard InChI is InChI=1S/C19H25FN2O2/c1-18(2)13-7-8-19(18,3)16(11-13)21-22-17(23)10-12-5-6-15(24-4)14(20)9-12/h5-6,9,13H,7-8,10-11H2,1-4H3,(H,22,23)/b21-16-/t13-,19-/m1/s1. The number of carbonyl (C=O) groups is 1. The van der Waals surface area contributed by atoms with Gasteiger partial charge in [-0.1, -0.05) is 26.8 Å². The van der Waals surface area contributed by atoms with Gasteiger partial charge in [-0.3, -0.25) is 4.79 Å². The highest BCUT2D eigenvalue weighted by atomic mass is 19.1. The molecule has 2 aliphatic carbocycles. The summed E-state index contributed by atoms with van der Waals surface area (Å²) in [5, 5.41) is 4.42. The molecule has 0 radical (unpaired) electrons. The lowest BCUT2D eigenvalue weighted by atomic mass is 9.70. The Morgan fingerprint density at radius 3 is 2.71 bits per heavy atom. The van der Waals surface area contributed by atoms with Crippen molar-refractivity contribution in [3.8, 4) is 5.75 Å². The minimum Gasteiger partial charge on any atom is -0.494 e. The summed E-state index contributed by atoms with van der Waals surface area (Å²) in [6, 6.07) is 4.55. The molecule has 2 atom stereocenters. The minimum absolute atomic E-state index is 0.0666. The zero-order valence-electron chi connectivity index (χ0n) is 14.8. The normalized spacial score (nSPS) is 29.0. The molecular weight excluding hydrogens is 307 g/mol. The molecule has 2 saturated carbocycles. The van der Waals surface area contributed by atoms with Gasteiger partial charge in [-0.2, -0.15) is 5.10 Å². The van der Waals surface area contributed by atoms with Crippen LogP contribution in [0.4, 0.5) is 4.39 Å². The second kappa shape index (κ2) is 5.87. The van der Waals surface area contributed by atoms with Crippen molar-refractivity contribution in [2.45, 2.75) is 46.5 Å². The van der Waals surface area contributed by atoms with E-state index < -0.39 is 5.82 Å². The van der Waals surface area contributed by atoms with Crippen molar-refractivity contribution in [1.29, 1.82) is 0 Å². The molecule has 0 aromatic heterocycles. The molecule has 2 bridgehead atoms. The average Bonchev–Trinajstić information content (AvgIpc) is 2.86. The number of methoxy groups -OCH3 is 1. The number of carbonyl (C=O) groups excluding carboxylic acids is 1. The van der Waals surface area contributed by atoms with E-state index in [4.69, 9.17) is 4.74 Å². The summed E-state index contributed by atoms with van der Waals surface area (Å²) in [4.78, 5) is 12.1. The van der Waals surface area contributed by atoms with Gasteiger partial charge in [-0.25, -0.2) is 9.82 Å². The van der Waals surface area contributed by atoms with Crippen molar-refractivity contribution in [2.75, 3.05) is 7.11 Å². The second-order valence-electron chi connectivity index (χ2n) is 7.73. The van der Waals surface area contributed by atoms with Crippen molar-refractivity contribution in [3.63, 3.8) is 0 Å². The molecule has 0 aliphatic heterocycles. The molecule has 3 rings (SSSR count). The molecule has 0 spiro atoms. The van der Waals surface area contributed by atoms with Crippen molar-refractivity contribution in [1.82, 2.24) is 5.43 Å². The first-order valence-corrected chi connectivity index (χ1v) is 8.46. The van der Waals surface area contributed by atoms with Gasteiger partial charge in [0.2, 0.25) is 5.91 Å². The fourth-order valence-electron chi connectivity index (χ4n) is 4.27. The van der Waals surface area contributed by atoms with Crippen LogP contribution in [-0.2, 0) is 11.2 Å². The Morgan fingerprint density at radius 1 is 1.42 bits per heavy atom. The molecule has 2 aliphatic rings. The number of benzene rings is 1. The third-order valence-corrected chi connectivity index (χ3v) is 6.41. The summed E-state index contributed by atoms with van der Waals surface area (Å²) in [7, 11) is 1.41. The first kappa shape index (κ1) is 16.9. The number of nitrogens with one attached hydrogen (secondary N) is 1. The highest BCUT2D eigenvalue weighted by molar-refractivity contribution is 5.95. The zero-order chi connectivity index (χ0) is 17.5. The molecule has 1 amide bonds. The predicted octanol–water partition coefficient (Wildman–Crippen LogP) is 3.70. The Bertz CT molecular complexity index is 699. The number of nitrogens with zero attached hydrogens (tertiary/aromatic N) is 1. The van der Waals surface area contributed by atoms with Crippen LogP contribution in [0.25, 0.3) is 0 Å². The maximum Gasteiger partial charge on any atom is 0.244 e. The fourth-order valence-corrected chi connectivity index (χ4v) is 4.27. The Balaban J connectivity index is 1.65. The van der Waals surface area contributed by atoms with Gasteiger partial charge in [0, 0.05) is 11.1 Å². The first-order valence-electron chi connectivity index (χ1n) is 8.46. The summed E-state index contributed by atoms with van der Waals surface area (Å²) >= 11 is 0. The van der Waals surface area contributed by atoms with Crippen molar-refractivity contribution in [3.05, 3.63) is 29.6 Å². The van der Waals surface area contributed by atoms with Crippen LogP contribution in [0.5, 0.6) is 5.75 Å². The Hall–Kier alpha value is -1.91. The Morgan fingerprint density at radius 2 is 2.17 bits per heavy atom. The van der Waals surface area contributed by atoms with E-state index in [1.54, 1.807) is 6.07 Å². The van der Waals surface area contributed by atoms with Crippen LogP contribution in [0.1, 0.15) is 45.6 Å². The number of rotatable bonds is 4. The average molecular weight is 332 g/mol. The van der Waals surface area contributed by atoms with E-state index in [1.165, 1.54) is 25.7 Å². The Kier molecular flexibility index (Phi) is 4.14. The molecule has 130 valence electrons. The molecule has 1 aromatic rings. The van der Waals surface area contributed by atoms with Crippen LogP contribution in [-0.4, -0.2) is 18.7 Å². The van der Waals surface area contributed by atoms with Crippen LogP contribution in [0, 0.1) is 22.6 Å². The number of amides is 1. The van der Waals surface area contributed by atoms with Crippen molar-refractivity contribution in [2.24, 2.45) is 21.8 Å². The maximum atomic E-state index is 13.7. The molecule has 1 aromatic carbocycles. The highest BCUT2D eigenvalue weighted by Crippen LogP contribution is 2.63. The van der Waals surface area contributed by atoms with Crippen molar-refractivity contribution >= 4 is 11.6 Å². The number of ether oxygens (including phenoxy) is 1. The van der Waals surface area contributed by atoms with E-state index in [0.717, 1.165) is 18.6 Å². The molecule has 0 heterocycles. The smallest absolute Gasteiger partial charge is 0.244 e. The van der Waals surface area contributed by atoms with E-state index in [1.807, 2.05) is 0 Å². The van der Waals surface area contributed by atoms with Crippen LogP contribution < -0.4 is 10.2 Å². The second-order valence-corrected chi connectivity index (χ2v) is 7.73. The summed E-state index contributed by atoms with van der Waals surface area (Å²) in [6.07, 6.45) is 3.42. The Labute approximate surface area is 142 Å². The highest BCUT2D eigenvalue weighted by Gasteiger charge is 2.59. The van der Waals surface area contributed by atoms with E-state index in [2.05, 4.69) is 31.3 Å². The molecule has 0 unspecified atom stereocenters. The minimum atomic E-state index is -0.462. The number of hydrogen-bond acceptors (Lipinski definition) is 3. The number of hydrogen-bond donors (Lipinski definition) is 1. The molecule has 1 N–H and O–H groups in total. The lowest BCUT2D eigenvalue weighted by Crippen LogP contribution is -2.34. The molecule has 2 fully saturated rings. The molecule has 5 heteroatoms. The predicted molar refractivity (Wildman–Crippen MR) is 91.5 cm³/mol. The summed E-state index contributed by atoms with van der Waals surface area (Å²) in [5.41, 5.74) is 4.66. The SMILES string of the molecule is COc1ccc(CC(=O)N/N=C2/C[C@H]3CC[C@@]2(C)C3(C)C)cc1F. The maximum absolute atomic E-state index is 13.7. The van der Waals surface area contributed by atoms with Gasteiger partial charge < -0.3 is 4.74 Å². The van der Waals surface area contributed by atoms with Crippen LogP contribution >= 0.6 is 0 Å². The third kappa shape index (κ3) is 2.60. The van der Waals surface area contributed by atoms with E-state index in [9.17, 15) is 9.18 Å². The lowest BCUT2D eigenvalue weighted by molar-refractivity contribution is -0.120. The lowest BCUT2D eigenvalue weighted by Gasteiger charge is -2.34. The number of fused-ring (bicyclic) bond motifs is 2. The molecular formula is C19H25FN2O2. The van der Waals surface area contributed by atoms with Gasteiger partial charge in [-0.15, -0.1) is 0 Å². The number of hydrazone groups is 1. The van der Waals surface area contributed by atoms with Gasteiger partial charge >= 0.3 is 0 Å². The molecule has 0 saturated heterocycles.